The number of pyridine rings is 1. The van der Waals surface area contributed by atoms with E-state index in [9.17, 15) is 4.79 Å². The molecule has 2 aromatic heterocycles. The van der Waals surface area contributed by atoms with Crippen molar-refractivity contribution in [3.63, 3.8) is 0 Å². The Morgan fingerprint density at radius 3 is 2.55 bits per heavy atom. The molecule has 100 valence electrons. The van der Waals surface area contributed by atoms with Crippen molar-refractivity contribution in [3.8, 4) is 11.3 Å². The Morgan fingerprint density at radius 2 is 1.85 bits per heavy atom. The number of methoxy groups -OCH3 is 1. The fourth-order valence-electron chi connectivity index (χ4n) is 2.34. The molecular formula is C16H14N2O2. The van der Waals surface area contributed by atoms with Crippen LogP contribution in [-0.4, -0.2) is 22.5 Å². The fraction of sp³-hybridized carbons (Fsp3) is 0.125. The molecule has 0 spiro atoms. The lowest BCUT2D eigenvalue weighted by molar-refractivity contribution is 0.0593. The highest BCUT2D eigenvalue weighted by atomic mass is 16.5. The number of fused-ring (bicyclic) bond motifs is 1. The van der Waals surface area contributed by atoms with Crippen molar-refractivity contribution >= 4 is 11.6 Å². The number of hydrogen-bond acceptors (Lipinski definition) is 3. The number of nitrogens with zero attached hydrogens (tertiary/aromatic N) is 2. The molecule has 2 heterocycles. The number of hydrogen-bond donors (Lipinski definition) is 0. The maximum Gasteiger partial charge on any atom is 0.357 e. The zero-order chi connectivity index (χ0) is 14.1. The van der Waals surface area contributed by atoms with Crippen LogP contribution < -0.4 is 0 Å². The van der Waals surface area contributed by atoms with Crippen LogP contribution in [0.25, 0.3) is 16.9 Å². The van der Waals surface area contributed by atoms with Crippen molar-refractivity contribution < 1.29 is 9.53 Å². The Bertz CT molecular complexity index is 776. The summed E-state index contributed by atoms with van der Waals surface area (Å²) in [6.07, 6.45) is 0. The van der Waals surface area contributed by atoms with E-state index in [0.717, 1.165) is 16.9 Å². The molecule has 20 heavy (non-hydrogen) atoms. The number of carbonyl (C=O) groups is 1. The second kappa shape index (κ2) is 4.81. The van der Waals surface area contributed by atoms with Crippen LogP contribution in [0.2, 0.25) is 0 Å². The quantitative estimate of drug-likeness (QED) is 0.669. The molecule has 4 heteroatoms. The maximum atomic E-state index is 12.2. The number of imidazole rings is 1. The zero-order valence-corrected chi connectivity index (χ0v) is 11.3. The second-order valence-corrected chi connectivity index (χ2v) is 4.53. The molecule has 0 fully saturated rings. The van der Waals surface area contributed by atoms with E-state index in [1.54, 1.807) is 0 Å². The Balaban J connectivity index is 2.37. The first-order valence-electron chi connectivity index (χ1n) is 6.34. The molecule has 0 aliphatic heterocycles. The summed E-state index contributed by atoms with van der Waals surface area (Å²) in [5.74, 6) is -0.384. The molecule has 1 aromatic carbocycles. The van der Waals surface area contributed by atoms with Crippen LogP contribution in [0.4, 0.5) is 0 Å². The van der Waals surface area contributed by atoms with Crippen LogP contribution in [0.15, 0.2) is 48.5 Å². The van der Waals surface area contributed by atoms with Gasteiger partial charge in [0, 0.05) is 11.3 Å². The van der Waals surface area contributed by atoms with Crippen LogP contribution in [0, 0.1) is 6.92 Å². The molecule has 0 unspecified atom stereocenters. The zero-order valence-electron chi connectivity index (χ0n) is 11.3. The highest BCUT2D eigenvalue weighted by Crippen LogP contribution is 2.25. The van der Waals surface area contributed by atoms with Gasteiger partial charge in [0.1, 0.15) is 11.3 Å². The molecule has 0 N–H and O–H groups in total. The summed E-state index contributed by atoms with van der Waals surface area (Å²) in [7, 11) is 1.38. The van der Waals surface area contributed by atoms with Gasteiger partial charge in [-0.3, -0.25) is 4.40 Å². The van der Waals surface area contributed by atoms with Gasteiger partial charge in [-0.05, 0) is 19.1 Å². The highest BCUT2D eigenvalue weighted by molar-refractivity contribution is 5.96. The summed E-state index contributed by atoms with van der Waals surface area (Å²) < 4.78 is 6.75. The van der Waals surface area contributed by atoms with E-state index < -0.39 is 0 Å². The SMILES string of the molecule is COC(=O)c1c(-c2ccccc2)nc2cccc(C)n12. The number of benzene rings is 1. The van der Waals surface area contributed by atoms with Gasteiger partial charge in [0.05, 0.1) is 7.11 Å². The van der Waals surface area contributed by atoms with E-state index in [-0.39, 0.29) is 5.97 Å². The van der Waals surface area contributed by atoms with Crippen molar-refractivity contribution in [2.45, 2.75) is 6.92 Å². The van der Waals surface area contributed by atoms with E-state index >= 15 is 0 Å². The molecule has 3 aromatic rings. The van der Waals surface area contributed by atoms with Gasteiger partial charge >= 0.3 is 5.97 Å². The number of carbonyl (C=O) groups excluding carboxylic acids is 1. The van der Waals surface area contributed by atoms with Gasteiger partial charge in [-0.25, -0.2) is 9.78 Å². The van der Waals surface area contributed by atoms with Gasteiger partial charge < -0.3 is 4.74 Å². The molecule has 4 nitrogen and oxygen atoms in total. The average Bonchev–Trinajstić information content (AvgIpc) is 2.88. The van der Waals surface area contributed by atoms with Crippen LogP contribution in [0.3, 0.4) is 0 Å². The minimum absolute atomic E-state index is 0.384. The maximum absolute atomic E-state index is 12.2. The van der Waals surface area contributed by atoms with Gasteiger partial charge in [-0.15, -0.1) is 0 Å². The van der Waals surface area contributed by atoms with Crippen LogP contribution in [0.1, 0.15) is 16.2 Å². The Hall–Kier alpha value is -2.62. The third-order valence-corrected chi connectivity index (χ3v) is 3.26. The molecule has 0 atom stereocenters. The molecule has 0 saturated carbocycles. The Kier molecular flexibility index (Phi) is 2.99. The molecule has 0 bridgehead atoms. The summed E-state index contributed by atoms with van der Waals surface area (Å²) in [6.45, 7) is 1.94. The van der Waals surface area contributed by atoms with E-state index in [4.69, 9.17) is 4.74 Å². The first kappa shape index (κ1) is 12.4. The number of ether oxygens (including phenoxy) is 1. The molecule has 0 radical (unpaired) electrons. The summed E-state index contributed by atoms with van der Waals surface area (Å²) in [6, 6.07) is 15.4. The standard InChI is InChI=1S/C16H14N2O2/c1-11-7-6-10-13-17-14(12-8-4-3-5-9-12)15(18(11)13)16(19)20-2/h3-10H,1-2H3. The van der Waals surface area contributed by atoms with Crippen LogP contribution >= 0.6 is 0 Å². The minimum atomic E-state index is -0.384. The number of aromatic nitrogens is 2. The van der Waals surface area contributed by atoms with Gasteiger partial charge in [0.2, 0.25) is 0 Å². The average molecular weight is 266 g/mol. The highest BCUT2D eigenvalue weighted by Gasteiger charge is 2.21. The first-order chi connectivity index (χ1) is 9.72. The molecule has 3 rings (SSSR count). The summed E-state index contributed by atoms with van der Waals surface area (Å²) in [5.41, 5.74) is 3.69. The normalized spacial score (nSPS) is 10.7. The van der Waals surface area contributed by atoms with Gasteiger partial charge in [0.15, 0.2) is 5.69 Å². The smallest absolute Gasteiger partial charge is 0.357 e. The lowest BCUT2D eigenvalue weighted by atomic mass is 10.1. The van der Waals surface area contributed by atoms with E-state index in [1.807, 2.05) is 59.9 Å². The van der Waals surface area contributed by atoms with Crippen molar-refractivity contribution in [1.29, 1.82) is 0 Å². The van der Waals surface area contributed by atoms with Gasteiger partial charge in [0.25, 0.3) is 0 Å². The number of aryl methyl sites for hydroxylation is 1. The Labute approximate surface area is 116 Å². The van der Waals surface area contributed by atoms with Crippen molar-refractivity contribution in [3.05, 3.63) is 59.9 Å². The number of esters is 1. The van der Waals surface area contributed by atoms with Crippen LogP contribution in [0.5, 0.6) is 0 Å². The molecule has 0 aliphatic rings. The molecular weight excluding hydrogens is 252 g/mol. The van der Waals surface area contributed by atoms with Crippen molar-refractivity contribution in [2.75, 3.05) is 7.11 Å². The van der Waals surface area contributed by atoms with Crippen molar-refractivity contribution in [2.24, 2.45) is 0 Å². The van der Waals surface area contributed by atoms with Gasteiger partial charge in [-0.1, -0.05) is 36.4 Å². The number of rotatable bonds is 2. The van der Waals surface area contributed by atoms with E-state index in [2.05, 4.69) is 4.98 Å². The first-order valence-corrected chi connectivity index (χ1v) is 6.34. The summed E-state index contributed by atoms with van der Waals surface area (Å²) in [4.78, 5) is 16.7. The molecule has 0 amide bonds. The summed E-state index contributed by atoms with van der Waals surface area (Å²) in [5, 5.41) is 0. The van der Waals surface area contributed by atoms with Gasteiger partial charge in [-0.2, -0.15) is 0 Å². The predicted octanol–water partition coefficient (Wildman–Crippen LogP) is 3.10. The fourth-order valence-corrected chi connectivity index (χ4v) is 2.34. The molecule has 0 aliphatic carbocycles. The second-order valence-electron chi connectivity index (χ2n) is 4.53. The van der Waals surface area contributed by atoms with Crippen LogP contribution in [-0.2, 0) is 4.74 Å². The lowest BCUT2D eigenvalue weighted by Crippen LogP contribution is -2.08. The molecule has 0 saturated heterocycles. The van der Waals surface area contributed by atoms with Crippen molar-refractivity contribution in [1.82, 2.24) is 9.38 Å². The predicted molar refractivity (Wildman–Crippen MR) is 76.7 cm³/mol. The third kappa shape index (κ3) is 1.86. The summed E-state index contributed by atoms with van der Waals surface area (Å²) >= 11 is 0. The monoisotopic (exact) mass is 266 g/mol. The lowest BCUT2D eigenvalue weighted by Gasteiger charge is -2.05. The third-order valence-electron chi connectivity index (χ3n) is 3.26. The van der Waals surface area contributed by atoms with E-state index in [1.165, 1.54) is 7.11 Å². The largest absolute Gasteiger partial charge is 0.464 e. The topological polar surface area (TPSA) is 43.6 Å². The minimum Gasteiger partial charge on any atom is -0.464 e. The Morgan fingerprint density at radius 1 is 1.10 bits per heavy atom. The van der Waals surface area contributed by atoms with E-state index in [0.29, 0.717) is 11.4 Å².